The Hall–Kier alpha value is -2.88. The highest BCUT2D eigenvalue weighted by Gasteiger charge is 2.39. The average molecular weight is 353 g/mol. The number of carboxylic acids is 1. The van der Waals surface area contributed by atoms with Crippen molar-refractivity contribution in [3.05, 3.63) is 47.1 Å². The Morgan fingerprint density at radius 1 is 1.33 bits per heavy atom. The fourth-order valence-corrected chi connectivity index (χ4v) is 2.90. The number of rotatable bonds is 3. The van der Waals surface area contributed by atoms with Gasteiger partial charge in [0, 0.05) is 22.2 Å². The largest absolute Gasteiger partial charge is 0.545 e. The number of halogens is 3. The van der Waals surface area contributed by atoms with Crippen molar-refractivity contribution in [2.75, 3.05) is 5.73 Å². The second-order valence-corrected chi connectivity index (χ2v) is 5.58. The van der Waals surface area contributed by atoms with Gasteiger partial charge in [-0.15, -0.1) is 11.3 Å². The molecule has 3 aromatic rings. The van der Waals surface area contributed by atoms with Crippen LogP contribution in [-0.2, 0) is 6.18 Å². The summed E-state index contributed by atoms with van der Waals surface area (Å²) in [4.78, 5) is 15.0. The monoisotopic (exact) mass is 353 g/mol. The zero-order valence-electron chi connectivity index (χ0n) is 11.7. The van der Waals surface area contributed by atoms with Gasteiger partial charge < -0.3 is 15.6 Å². The highest BCUT2D eigenvalue weighted by molar-refractivity contribution is 7.12. The van der Waals surface area contributed by atoms with Gasteiger partial charge in [0.05, 0.1) is 17.9 Å². The summed E-state index contributed by atoms with van der Waals surface area (Å²) in [6.45, 7) is 0. The van der Waals surface area contributed by atoms with E-state index >= 15 is 0 Å². The minimum atomic E-state index is -4.92. The molecule has 0 atom stereocenters. The van der Waals surface area contributed by atoms with Crippen molar-refractivity contribution >= 4 is 23.0 Å². The van der Waals surface area contributed by atoms with Crippen molar-refractivity contribution in [3.8, 4) is 16.4 Å². The minimum Gasteiger partial charge on any atom is -0.545 e. The van der Waals surface area contributed by atoms with Gasteiger partial charge in [0.1, 0.15) is 0 Å². The first kappa shape index (κ1) is 16.0. The molecule has 2 heterocycles. The topological polar surface area (TPSA) is 96.9 Å². The molecule has 0 saturated heterocycles. The number of nitrogen functional groups attached to an aromatic ring is 1. The van der Waals surface area contributed by atoms with Crippen molar-refractivity contribution in [2.45, 2.75) is 6.18 Å². The molecular weight excluding hydrogens is 345 g/mol. The van der Waals surface area contributed by atoms with Crippen LogP contribution in [-0.4, -0.2) is 20.7 Å². The highest BCUT2D eigenvalue weighted by atomic mass is 32.1. The Balaban J connectivity index is 2.10. The van der Waals surface area contributed by atoms with E-state index in [1.165, 1.54) is 5.38 Å². The fraction of sp³-hybridized carbons (Fsp3) is 0.0714. The molecule has 6 nitrogen and oxygen atoms in total. The second-order valence-electron chi connectivity index (χ2n) is 4.74. The normalized spacial score (nSPS) is 11.6. The lowest BCUT2D eigenvalue weighted by Gasteiger charge is -2.11. The van der Waals surface area contributed by atoms with Gasteiger partial charge >= 0.3 is 6.18 Å². The third-order valence-electron chi connectivity index (χ3n) is 3.11. The molecule has 10 heteroatoms. The molecule has 124 valence electrons. The number of aromatic carboxylic acids is 1. The molecule has 0 aliphatic carbocycles. The van der Waals surface area contributed by atoms with E-state index in [1.807, 2.05) is 0 Å². The molecular formula is C14H8F3N4O2S-. The zero-order chi connectivity index (χ0) is 17.5. The number of carbonyl (C=O) groups is 1. The number of anilines is 1. The fourth-order valence-electron chi connectivity index (χ4n) is 2.11. The summed E-state index contributed by atoms with van der Waals surface area (Å²) in [6, 6.07) is 6.68. The summed E-state index contributed by atoms with van der Waals surface area (Å²) >= 11 is 0.894. The van der Waals surface area contributed by atoms with Gasteiger partial charge in [-0.1, -0.05) is 12.1 Å². The first-order chi connectivity index (χ1) is 11.3. The summed E-state index contributed by atoms with van der Waals surface area (Å²) in [7, 11) is 0. The summed E-state index contributed by atoms with van der Waals surface area (Å²) in [5.41, 5.74) is 4.71. The van der Waals surface area contributed by atoms with Gasteiger partial charge in [-0.3, -0.25) is 0 Å². The maximum atomic E-state index is 13.2. The van der Waals surface area contributed by atoms with Crippen molar-refractivity contribution in [3.63, 3.8) is 0 Å². The van der Waals surface area contributed by atoms with Gasteiger partial charge in [-0.25, -0.2) is 9.67 Å². The van der Waals surface area contributed by atoms with Crippen LogP contribution in [0.1, 0.15) is 16.1 Å². The Kier molecular flexibility index (Phi) is 3.76. The quantitative estimate of drug-likeness (QED) is 0.726. The number of nitrogens with zero attached hydrogens (tertiary/aromatic N) is 3. The SMILES string of the molecule is Nc1cccc(-c2csc(-n3ncc(C(=O)[O-])c3C(F)(F)F)n2)c1. The summed E-state index contributed by atoms with van der Waals surface area (Å²) < 4.78 is 40.0. The molecule has 2 N–H and O–H groups in total. The van der Waals surface area contributed by atoms with Crippen molar-refractivity contribution < 1.29 is 23.1 Å². The van der Waals surface area contributed by atoms with Crippen LogP contribution in [0.4, 0.5) is 18.9 Å². The van der Waals surface area contributed by atoms with Gasteiger partial charge in [0.2, 0.25) is 5.13 Å². The molecule has 1 aromatic carbocycles. The lowest BCUT2D eigenvalue weighted by atomic mass is 10.1. The van der Waals surface area contributed by atoms with Crippen LogP contribution in [0.2, 0.25) is 0 Å². The van der Waals surface area contributed by atoms with Crippen LogP contribution in [0, 0.1) is 0 Å². The summed E-state index contributed by atoms with van der Waals surface area (Å²) in [5.74, 6) is -1.96. The van der Waals surface area contributed by atoms with Crippen molar-refractivity contribution in [1.82, 2.24) is 14.8 Å². The number of hydrogen-bond donors (Lipinski definition) is 1. The maximum Gasteiger partial charge on any atom is 0.434 e. The van der Waals surface area contributed by atoms with Crippen LogP contribution < -0.4 is 10.8 Å². The van der Waals surface area contributed by atoms with Crippen LogP contribution in [0.5, 0.6) is 0 Å². The average Bonchev–Trinajstić information content (AvgIpc) is 3.13. The molecule has 0 saturated carbocycles. The Labute approximate surface area is 137 Å². The Bertz CT molecular complexity index is 917. The Morgan fingerprint density at radius 2 is 2.08 bits per heavy atom. The van der Waals surface area contributed by atoms with E-state index in [1.54, 1.807) is 24.3 Å². The van der Waals surface area contributed by atoms with Gasteiger partial charge in [0.15, 0.2) is 5.69 Å². The van der Waals surface area contributed by atoms with Gasteiger partial charge in [-0.2, -0.15) is 18.3 Å². The number of thiazole rings is 1. The highest BCUT2D eigenvalue weighted by Crippen LogP contribution is 2.35. The van der Waals surface area contributed by atoms with E-state index in [9.17, 15) is 23.1 Å². The second kappa shape index (κ2) is 5.64. The van der Waals surface area contributed by atoms with Crippen molar-refractivity contribution in [2.24, 2.45) is 0 Å². The number of carboxylic acid groups (broad SMARTS) is 1. The number of aromatic nitrogens is 3. The molecule has 2 aromatic heterocycles. The molecule has 0 aliphatic heterocycles. The molecule has 0 unspecified atom stereocenters. The molecule has 0 fully saturated rings. The van der Waals surface area contributed by atoms with Crippen LogP contribution in [0.25, 0.3) is 16.4 Å². The lowest BCUT2D eigenvalue weighted by Crippen LogP contribution is -2.26. The number of nitrogens with two attached hydrogens (primary N) is 1. The molecule has 0 aliphatic rings. The summed E-state index contributed by atoms with van der Waals surface area (Å²) in [5, 5.41) is 15.8. The van der Waals surface area contributed by atoms with Crippen LogP contribution >= 0.6 is 11.3 Å². The smallest absolute Gasteiger partial charge is 0.434 e. The predicted molar refractivity (Wildman–Crippen MR) is 78.4 cm³/mol. The zero-order valence-corrected chi connectivity index (χ0v) is 12.6. The van der Waals surface area contributed by atoms with E-state index in [0.29, 0.717) is 27.8 Å². The van der Waals surface area contributed by atoms with E-state index < -0.39 is 23.4 Å². The van der Waals surface area contributed by atoms with Gasteiger partial charge in [0.25, 0.3) is 0 Å². The number of benzene rings is 1. The number of hydrogen-bond acceptors (Lipinski definition) is 6. The third kappa shape index (κ3) is 2.83. The van der Waals surface area contributed by atoms with Crippen LogP contribution in [0.3, 0.4) is 0 Å². The first-order valence-electron chi connectivity index (χ1n) is 6.46. The maximum absolute atomic E-state index is 13.2. The molecule has 3 rings (SSSR count). The first-order valence-corrected chi connectivity index (χ1v) is 7.33. The molecule has 0 radical (unpaired) electrons. The lowest BCUT2D eigenvalue weighted by molar-refractivity contribution is -0.255. The van der Waals surface area contributed by atoms with E-state index in [4.69, 9.17) is 5.73 Å². The van der Waals surface area contributed by atoms with Crippen molar-refractivity contribution in [1.29, 1.82) is 0 Å². The number of alkyl halides is 3. The molecule has 0 spiro atoms. The molecule has 0 bridgehead atoms. The number of carbonyl (C=O) groups excluding carboxylic acids is 1. The predicted octanol–water partition coefficient (Wildman–Crippen LogP) is 1.96. The van der Waals surface area contributed by atoms with Gasteiger partial charge in [-0.05, 0) is 12.1 Å². The molecule has 0 amide bonds. The van der Waals surface area contributed by atoms with E-state index in [2.05, 4.69) is 10.1 Å². The molecule has 24 heavy (non-hydrogen) atoms. The van der Waals surface area contributed by atoms with E-state index in [0.717, 1.165) is 11.3 Å². The van der Waals surface area contributed by atoms with E-state index in [-0.39, 0.29) is 5.13 Å². The van der Waals surface area contributed by atoms with Crippen LogP contribution in [0.15, 0.2) is 35.8 Å². The Morgan fingerprint density at radius 3 is 2.71 bits per heavy atom. The minimum absolute atomic E-state index is 0.118. The standard InChI is InChI=1S/C14H9F3N4O2S/c15-14(16,17)11-9(12(22)23)5-19-21(11)13-20-10(6-24-13)7-2-1-3-8(18)4-7/h1-6H,18H2,(H,22,23)/p-1. The third-order valence-corrected chi connectivity index (χ3v) is 3.93. The summed E-state index contributed by atoms with van der Waals surface area (Å²) in [6.07, 6.45) is -4.32.